The quantitative estimate of drug-likeness (QED) is 0.783. The normalized spacial score (nSPS) is 11.2. The number of ether oxygens (including phenoxy) is 1. The lowest BCUT2D eigenvalue weighted by atomic mass is 9.91. The second-order valence-electron chi connectivity index (χ2n) is 4.09. The average molecular weight is 266 g/mol. The largest absolute Gasteiger partial charge is 0.508 e. The van der Waals surface area contributed by atoms with Gasteiger partial charge >= 0.3 is 5.97 Å². The molecule has 108 valence electrons. The van der Waals surface area contributed by atoms with Gasteiger partial charge in [0.15, 0.2) is 0 Å². The first-order valence-corrected chi connectivity index (χ1v) is 7.11. The molecule has 0 radical (unpaired) electrons. The van der Waals surface area contributed by atoms with Crippen LogP contribution in [0, 0.1) is 0 Å². The van der Waals surface area contributed by atoms with E-state index in [1.165, 1.54) is 0 Å². The Labute approximate surface area is 116 Å². The van der Waals surface area contributed by atoms with E-state index in [9.17, 15) is 9.90 Å². The second-order valence-corrected chi connectivity index (χ2v) is 4.09. The Morgan fingerprint density at radius 2 is 2.00 bits per heavy atom. The Bertz CT molecular complexity index is 361. The molecular weight excluding hydrogens is 240 g/mol. The smallest absolute Gasteiger partial charge is 0.306 e. The van der Waals surface area contributed by atoms with Gasteiger partial charge in [-0.15, -0.1) is 0 Å². The minimum atomic E-state index is -0.172. The molecule has 0 amide bonds. The third kappa shape index (κ3) is 6.85. The van der Waals surface area contributed by atoms with Gasteiger partial charge in [-0.3, -0.25) is 4.79 Å². The maximum atomic E-state index is 11.5. The fraction of sp³-hybridized carbons (Fsp3) is 0.562. The van der Waals surface area contributed by atoms with Crippen LogP contribution in [0.4, 0.5) is 0 Å². The van der Waals surface area contributed by atoms with Crippen LogP contribution >= 0.6 is 0 Å². The van der Waals surface area contributed by atoms with Crippen molar-refractivity contribution >= 4 is 5.97 Å². The number of phenolic OH excluding ortho intramolecular Hbond substituents is 1. The molecule has 3 heteroatoms. The lowest BCUT2D eigenvalue weighted by molar-refractivity contribution is -0.143. The van der Waals surface area contributed by atoms with Gasteiger partial charge in [-0.25, -0.2) is 0 Å². The molecule has 0 bridgehead atoms. The summed E-state index contributed by atoms with van der Waals surface area (Å²) in [5, 5.41) is 9.45. The molecule has 1 aromatic carbocycles. The summed E-state index contributed by atoms with van der Waals surface area (Å²) in [6.45, 7) is 8.31. The molecule has 0 spiro atoms. The number of benzene rings is 1. The molecular formula is C16H26O3. The van der Waals surface area contributed by atoms with Crippen molar-refractivity contribution in [2.75, 3.05) is 6.61 Å². The molecule has 1 N–H and O–H groups in total. The maximum absolute atomic E-state index is 11.5. The highest BCUT2D eigenvalue weighted by atomic mass is 16.5. The summed E-state index contributed by atoms with van der Waals surface area (Å²) in [4.78, 5) is 11.5. The molecule has 3 nitrogen and oxygen atoms in total. The van der Waals surface area contributed by atoms with Gasteiger partial charge in [-0.2, -0.15) is 0 Å². The first-order valence-electron chi connectivity index (χ1n) is 7.11. The molecule has 1 aromatic rings. The molecule has 0 heterocycles. The van der Waals surface area contributed by atoms with Crippen LogP contribution in [0.15, 0.2) is 24.3 Å². The van der Waals surface area contributed by atoms with E-state index in [4.69, 9.17) is 4.74 Å². The zero-order valence-corrected chi connectivity index (χ0v) is 12.5. The van der Waals surface area contributed by atoms with Crippen LogP contribution < -0.4 is 0 Å². The van der Waals surface area contributed by atoms with E-state index in [1.54, 1.807) is 25.1 Å². The summed E-state index contributed by atoms with van der Waals surface area (Å²) in [5.41, 5.74) is 1.000. The third-order valence-corrected chi connectivity index (χ3v) is 2.70. The van der Waals surface area contributed by atoms with E-state index in [0.717, 1.165) is 18.4 Å². The number of aromatic hydroxyl groups is 1. The molecule has 0 aliphatic heterocycles. The van der Waals surface area contributed by atoms with Gasteiger partial charge in [0, 0.05) is 0 Å². The first-order chi connectivity index (χ1) is 9.17. The fourth-order valence-corrected chi connectivity index (χ4v) is 1.93. The van der Waals surface area contributed by atoms with Crippen molar-refractivity contribution < 1.29 is 14.6 Å². The highest BCUT2D eigenvalue weighted by Crippen LogP contribution is 2.27. The lowest BCUT2D eigenvalue weighted by Gasteiger charge is -2.15. The molecule has 0 aliphatic rings. The van der Waals surface area contributed by atoms with Crippen LogP contribution in [0.2, 0.25) is 0 Å². The van der Waals surface area contributed by atoms with Crippen molar-refractivity contribution in [3.63, 3.8) is 0 Å². The second kappa shape index (κ2) is 10.4. The molecule has 0 saturated heterocycles. The minimum absolute atomic E-state index is 0.131. The highest BCUT2D eigenvalue weighted by Gasteiger charge is 2.16. The average Bonchev–Trinajstić information content (AvgIpc) is 2.41. The number of esters is 1. The number of rotatable bonds is 6. The number of carbonyl (C=O) groups excluding carboxylic acids is 1. The molecule has 1 atom stereocenters. The zero-order valence-electron chi connectivity index (χ0n) is 12.5. The predicted octanol–water partition coefficient (Wildman–Crippen LogP) is 4.26. The number of carbonyl (C=O) groups is 1. The number of phenols is 1. The monoisotopic (exact) mass is 266 g/mol. The summed E-state index contributed by atoms with van der Waals surface area (Å²) in [7, 11) is 0. The van der Waals surface area contributed by atoms with Gasteiger partial charge in [0.05, 0.1) is 13.0 Å². The Balaban J connectivity index is 0.00000154. The van der Waals surface area contributed by atoms with E-state index < -0.39 is 0 Å². The van der Waals surface area contributed by atoms with Crippen LogP contribution in [0.5, 0.6) is 5.75 Å². The van der Waals surface area contributed by atoms with Crippen molar-refractivity contribution in [2.24, 2.45) is 0 Å². The van der Waals surface area contributed by atoms with E-state index in [1.807, 2.05) is 19.9 Å². The zero-order chi connectivity index (χ0) is 14.7. The molecule has 0 fully saturated rings. The van der Waals surface area contributed by atoms with Gasteiger partial charge in [0.25, 0.3) is 0 Å². The van der Waals surface area contributed by atoms with Gasteiger partial charge in [0.1, 0.15) is 5.75 Å². The third-order valence-electron chi connectivity index (χ3n) is 2.70. The molecule has 0 aromatic heterocycles. The Kier molecular flexibility index (Phi) is 9.59. The molecule has 0 saturated carbocycles. The van der Waals surface area contributed by atoms with Crippen LogP contribution in [0.25, 0.3) is 0 Å². The van der Waals surface area contributed by atoms with Gasteiger partial charge in [-0.1, -0.05) is 39.3 Å². The molecule has 1 rings (SSSR count). The Morgan fingerprint density at radius 1 is 1.32 bits per heavy atom. The van der Waals surface area contributed by atoms with Crippen LogP contribution in [-0.2, 0) is 9.53 Å². The summed E-state index contributed by atoms with van der Waals surface area (Å²) in [6, 6.07) is 7.11. The Morgan fingerprint density at radius 3 is 2.53 bits per heavy atom. The van der Waals surface area contributed by atoms with E-state index in [-0.39, 0.29) is 17.6 Å². The van der Waals surface area contributed by atoms with Crippen molar-refractivity contribution in [1.82, 2.24) is 0 Å². The van der Waals surface area contributed by atoms with E-state index in [2.05, 4.69) is 6.92 Å². The van der Waals surface area contributed by atoms with Crippen LogP contribution in [-0.4, -0.2) is 17.7 Å². The summed E-state index contributed by atoms with van der Waals surface area (Å²) >= 11 is 0. The molecule has 0 aliphatic carbocycles. The fourth-order valence-electron chi connectivity index (χ4n) is 1.93. The minimum Gasteiger partial charge on any atom is -0.508 e. The van der Waals surface area contributed by atoms with Crippen molar-refractivity contribution in [3.8, 4) is 5.75 Å². The summed E-state index contributed by atoms with van der Waals surface area (Å²) < 4.78 is 4.97. The first kappa shape index (κ1) is 17.5. The van der Waals surface area contributed by atoms with Gasteiger partial charge in [0.2, 0.25) is 0 Å². The Hall–Kier alpha value is -1.51. The standard InChI is InChI=1S/C14H20O3.C2H6/c1-3-6-11(10-14(16)17-4-2)12-7-5-8-13(15)9-12;1-2/h5,7-9,11,15H,3-4,6,10H2,1-2H3;1-2H3. The van der Waals surface area contributed by atoms with Crippen LogP contribution in [0.1, 0.15) is 58.4 Å². The lowest BCUT2D eigenvalue weighted by Crippen LogP contribution is -2.10. The van der Waals surface area contributed by atoms with E-state index in [0.29, 0.717) is 13.0 Å². The molecule has 1 unspecified atom stereocenters. The summed E-state index contributed by atoms with van der Waals surface area (Å²) in [5.74, 6) is 0.202. The van der Waals surface area contributed by atoms with Crippen molar-refractivity contribution in [3.05, 3.63) is 29.8 Å². The number of hydrogen-bond donors (Lipinski definition) is 1. The van der Waals surface area contributed by atoms with Gasteiger partial charge in [-0.05, 0) is 37.0 Å². The van der Waals surface area contributed by atoms with Crippen molar-refractivity contribution in [1.29, 1.82) is 0 Å². The predicted molar refractivity (Wildman–Crippen MR) is 78.4 cm³/mol. The SMILES string of the molecule is CC.CCCC(CC(=O)OCC)c1cccc(O)c1. The van der Waals surface area contributed by atoms with Crippen LogP contribution in [0.3, 0.4) is 0 Å². The number of hydrogen-bond acceptors (Lipinski definition) is 3. The van der Waals surface area contributed by atoms with Gasteiger partial charge < -0.3 is 9.84 Å². The maximum Gasteiger partial charge on any atom is 0.306 e. The van der Waals surface area contributed by atoms with E-state index >= 15 is 0 Å². The summed E-state index contributed by atoms with van der Waals surface area (Å²) in [6.07, 6.45) is 2.30. The topological polar surface area (TPSA) is 46.5 Å². The molecule has 19 heavy (non-hydrogen) atoms. The van der Waals surface area contributed by atoms with Crippen molar-refractivity contribution in [2.45, 2.75) is 52.9 Å². The highest BCUT2D eigenvalue weighted by molar-refractivity contribution is 5.70.